The second kappa shape index (κ2) is 7.43. The van der Waals surface area contributed by atoms with Crippen molar-refractivity contribution in [1.29, 1.82) is 0 Å². The van der Waals surface area contributed by atoms with Gasteiger partial charge in [-0.15, -0.1) is 0 Å². The van der Waals surface area contributed by atoms with E-state index in [-0.39, 0.29) is 40.0 Å². The van der Waals surface area contributed by atoms with Gasteiger partial charge in [0.25, 0.3) is 11.6 Å². The second-order valence-corrected chi connectivity index (χ2v) is 9.36. The van der Waals surface area contributed by atoms with E-state index in [4.69, 9.17) is 11.6 Å². The molecule has 30 heavy (non-hydrogen) atoms. The molecule has 0 radical (unpaired) electrons. The molecule has 0 bridgehead atoms. The van der Waals surface area contributed by atoms with E-state index in [1.165, 1.54) is 0 Å². The highest BCUT2D eigenvalue weighted by Crippen LogP contribution is 2.50. The summed E-state index contributed by atoms with van der Waals surface area (Å²) >= 11 is 6.00. The molecule has 1 amide bonds. The van der Waals surface area contributed by atoms with Crippen molar-refractivity contribution in [3.8, 4) is 0 Å². The number of carbonyl (C=O) groups is 1. The van der Waals surface area contributed by atoms with Crippen molar-refractivity contribution in [3.63, 3.8) is 0 Å². The highest BCUT2D eigenvalue weighted by Gasteiger charge is 2.38. The summed E-state index contributed by atoms with van der Waals surface area (Å²) in [6.07, 6.45) is 5.18. The summed E-state index contributed by atoms with van der Waals surface area (Å²) in [6.45, 7) is 5.86. The SMILES string of the molecule is CC(C)(C)NC(=O)c1ccc2c(c1)C1C=CCC1C(c1ccc(Cl)c([N+](=O)[O-])c1)N2. The fraction of sp³-hybridized carbons (Fsp3) is 0.348. The summed E-state index contributed by atoms with van der Waals surface area (Å²) in [5.74, 6) is 0.252. The second-order valence-electron chi connectivity index (χ2n) is 8.95. The Bertz CT molecular complexity index is 1060. The molecule has 0 fully saturated rings. The van der Waals surface area contributed by atoms with Crippen LogP contribution < -0.4 is 10.6 Å². The van der Waals surface area contributed by atoms with Crippen LogP contribution in [0.4, 0.5) is 11.4 Å². The maximum absolute atomic E-state index is 12.6. The monoisotopic (exact) mass is 425 g/mol. The number of nitro groups is 1. The van der Waals surface area contributed by atoms with E-state index in [0.717, 1.165) is 23.2 Å². The zero-order chi connectivity index (χ0) is 21.6. The molecule has 1 aliphatic carbocycles. The Balaban J connectivity index is 1.70. The minimum Gasteiger partial charge on any atom is -0.378 e. The lowest BCUT2D eigenvalue weighted by Gasteiger charge is -2.37. The van der Waals surface area contributed by atoms with E-state index in [2.05, 4.69) is 22.8 Å². The molecule has 0 saturated heterocycles. The lowest BCUT2D eigenvalue weighted by Crippen LogP contribution is -2.40. The fourth-order valence-electron chi connectivity index (χ4n) is 4.34. The first-order valence-electron chi connectivity index (χ1n) is 9.97. The smallest absolute Gasteiger partial charge is 0.288 e. The number of nitrogens with one attached hydrogen (secondary N) is 2. The Kier molecular flexibility index (Phi) is 5.06. The molecule has 2 aromatic carbocycles. The quantitative estimate of drug-likeness (QED) is 0.380. The molecular weight excluding hydrogens is 402 g/mol. The van der Waals surface area contributed by atoms with E-state index >= 15 is 0 Å². The van der Waals surface area contributed by atoms with Gasteiger partial charge in [-0.2, -0.15) is 0 Å². The Morgan fingerprint density at radius 2 is 2.00 bits per heavy atom. The first-order valence-corrected chi connectivity index (χ1v) is 10.4. The Morgan fingerprint density at radius 3 is 2.70 bits per heavy atom. The van der Waals surface area contributed by atoms with Crippen LogP contribution in [0.15, 0.2) is 48.6 Å². The van der Waals surface area contributed by atoms with Gasteiger partial charge in [-0.3, -0.25) is 14.9 Å². The number of allylic oxidation sites excluding steroid dienone is 2. The van der Waals surface area contributed by atoms with Crippen LogP contribution in [-0.2, 0) is 0 Å². The van der Waals surface area contributed by atoms with Crippen molar-refractivity contribution >= 4 is 28.9 Å². The first-order chi connectivity index (χ1) is 14.1. The van der Waals surface area contributed by atoms with Crippen LogP contribution in [0.5, 0.6) is 0 Å². The molecular formula is C23H24ClN3O3. The molecule has 6 nitrogen and oxygen atoms in total. The molecule has 0 saturated carbocycles. The average Bonchev–Trinajstić information content (AvgIpc) is 3.16. The Hall–Kier alpha value is -2.86. The molecule has 7 heteroatoms. The number of halogens is 1. The van der Waals surface area contributed by atoms with Gasteiger partial charge in [0, 0.05) is 28.8 Å². The van der Waals surface area contributed by atoms with E-state index in [1.807, 2.05) is 45.0 Å². The van der Waals surface area contributed by atoms with Crippen LogP contribution in [-0.4, -0.2) is 16.4 Å². The predicted octanol–water partition coefficient (Wildman–Crippen LogP) is 5.60. The molecule has 3 unspecified atom stereocenters. The van der Waals surface area contributed by atoms with Crippen LogP contribution in [0.25, 0.3) is 0 Å². The van der Waals surface area contributed by atoms with Crippen LogP contribution >= 0.6 is 11.6 Å². The number of benzene rings is 2. The summed E-state index contributed by atoms with van der Waals surface area (Å²) in [5.41, 5.74) is 3.09. The van der Waals surface area contributed by atoms with Crippen molar-refractivity contribution in [2.24, 2.45) is 5.92 Å². The molecule has 2 aromatic rings. The molecule has 2 aliphatic rings. The first kappa shape index (κ1) is 20.4. The average molecular weight is 426 g/mol. The minimum atomic E-state index is -0.451. The predicted molar refractivity (Wildman–Crippen MR) is 118 cm³/mol. The normalized spacial score (nSPS) is 22.1. The van der Waals surface area contributed by atoms with Crippen molar-refractivity contribution in [2.75, 3.05) is 5.32 Å². The third-order valence-corrected chi connectivity index (χ3v) is 5.96. The number of nitro benzene ring substituents is 1. The fourth-order valence-corrected chi connectivity index (χ4v) is 4.53. The van der Waals surface area contributed by atoms with Gasteiger partial charge in [0.2, 0.25) is 0 Å². The number of anilines is 1. The maximum Gasteiger partial charge on any atom is 0.288 e. The standard InChI is InChI=1S/C23H24ClN3O3/c1-23(2,3)26-22(28)14-8-10-19-17(11-14)15-5-4-6-16(15)21(25-19)13-7-9-18(24)20(12-13)27(29)30/h4-5,7-12,15-16,21,25H,6H2,1-3H3,(H,26,28). The zero-order valence-corrected chi connectivity index (χ0v) is 17.9. The number of fused-ring (bicyclic) bond motifs is 3. The molecule has 3 atom stereocenters. The lowest BCUT2D eigenvalue weighted by atomic mass is 9.76. The summed E-state index contributed by atoms with van der Waals surface area (Å²) in [4.78, 5) is 23.5. The molecule has 1 heterocycles. The van der Waals surface area contributed by atoms with Crippen LogP contribution in [0.1, 0.15) is 60.6 Å². The topological polar surface area (TPSA) is 84.3 Å². The van der Waals surface area contributed by atoms with Gasteiger partial charge in [0.1, 0.15) is 5.02 Å². The number of hydrogen-bond acceptors (Lipinski definition) is 4. The highest BCUT2D eigenvalue weighted by atomic mass is 35.5. The van der Waals surface area contributed by atoms with Gasteiger partial charge in [0.15, 0.2) is 0 Å². The molecule has 2 N–H and O–H groups in total. The number of hydrogen-bond donors (Lipinski definition) is 2. The maximum atomic E-state index is 12.6. The van der Waals surface area contributed by atoms with E-state index in [9.17, 15) is 14.9 Å². The summed E-state index contributed by atoms with van der Waals surface area (Å²) in [6, 6.07) is 10.6. The van der Waals surface area contributed by atoms with Gasteiger partial charge in [-0.05, 0) is 68.5 Å². The van der Waals surface area contributed by atoms with Gasteiger partial charge in [0.05, 0.1) is 11.0 Å². The lowest BCUT2D eigenvalue weighted by molar-refractivity contribution is -0.384. The van der Waals surface area contributed by atoms with E-state index in [0.29, 0.717) is 5.56 Å². The van der Waals surface area contributed by atoms with E-state index < -0.39 is 4.92 Å². The van der Waals surface area contributed by atoms with Gasteiger partial charge < -0.3 is 10.6 Å². The van der Waals surface area contributed by atoms with Gasteiger partial charge >= 0.3 is 0 Å². The van der Waals surface area contributed by atoms with Crippen LogP contribution in [0.2, 0.25) is 5.02 Å². The van der Waals surface area contributed by atoms with E-state index in [1.54, 1.807) is 12.1 Å². The third-order valence-electron chi connectivity index (χ3n) is 5.64. The summed E-state index contributed by atoms with van der Waals surface area (Å²) in [5, 5.41) is 18.0. The number of rotatable bonds is 3. The molecule has 0 aromatic heterocycles. The summed E-state index contributed by atoms with van der Waals surface area (Å²) in [7, 11) is 0. The van der Waals surface area contributed by atoms with Crippen LogP contribution in [0, 0.1) is 16.0 Å². The number of amides is 1. The summed E-state index contributed by atoms with van der Waals surface area (Å²) < 4.78 is 0. The van der Waals surface area contributed by atoms with Crippen LogP contribution in [0.3, 0.4) is 0 Å². The number of carbonyl (C=O) groups excluding carboxylic acids is 1. The zero-order valence-electron chi connectivity index (χ0n) is 17.1. The molecule has 1 aliphatic heterocycles. The molecule has 156 valence electrons. The van der Waals surface area contributed by atoms with Crippen molar-refractivity contribution < 1.29 is 9.72 Å². The largest absolute Gasteiger partial charge is 0.378 e. The highest BCUT2D eigenvalue weighted by molar-refractivity contribution is 6.32. The van der Waals surface area contributed by atoms with Crippen molar-refractivity contribution in [2.45, 2.75) is 44.7 Å². The Labute approximate surface area is 180 Å². The Morgan fingerprint density at radius 1 is 1.23 bits per heavy atom. The van der Waals surface area contributed by atoms with Crippen molar-refractivity contribution in [3.05, 3.63) is 80.4 Å². The molecule has 0 spiro atoms. The van der Waals surface area contributed by atoms with Crippen molar-refractivity contribution in [1.82, 2.24) is 5.32 Å². The van der Waals surface area contributed by atoms with Gasteiger partial charge in [-0.25, -0.2) is 0 Å². The number of nitrogens with zero attached hydrogens (tertiary/aromatic N) is 1. The third kappa shape index (κ3) is 3.79. The van der Waals surface area contributed by atoms with Gasteiger partial charge in [-0.1, -0.05) is 29.8 Å². The minimum absolute atomic E-state index is 0.0808. The molecule has 4 rings (SSSR count).